The highest BCUT2D eigenvalue weighted by Gasteiger charge is 2.43. The van der Waals surface area contributed by atoms with Gasteiger partial charge in [-0.3, -0.25) is 28.8 Å². The van der Waals surface area contributed by atoms with Crippen molar-refractivity contribution >= 4 is 164 Å². The summed E-state index contributed by atoms with van der Waals surface area (Å²) in [6, 6.07) is 18.2. The van der Waals surface area contributed by atoms with E-state index in [1.54, 1.807) is 135 Å². The molecular formula is C80H98Cl4N8O18. The highest BCUT2D eigenvalue weighted by atomic mass is 35.5. The first-order valence-corrected chi connectivity index (χ1v) is 37.1. The average Bonchev–Trinajstić information content (AvgIpc) is 0.779. The van der Waals surface area contributed by atoms with Crippen LogP contribution in [0.3, 0.4) is 0 Å². The number of carbonyl (C=O) groups is 12. The zero-order valence-electron chi connectivity index (χ0n) is 66.8. The number of nitrogens with zero attached hydrogens (tertiary/aromatic N) is 8. The van der Waals surface area contributed by atoms with Crippen molar-refractivity contribution in [2.24, 2.45) is 10.2 Å². The van der Waals surface area contributed by atoms with Gasteiger partial charge in [-0.1, -0.05) is 100 Å². The molecule has 0 aliphatic heterocycles. The summed E-state index contributed by atoms with van der Waals surface area (Å²) in [5, 5.41) is 9.17. The van der Waals surface area contributed by atoms with Crippen molar-refractivity contribution in [3.63, 3.8) is 0 Å². The normalized spacial score (nSPS) is 12.2. The van der Waals surface area contributed by atoms with Crippen molar-refractivity contribution < 1.29 is 86.0 Å². The van der Waals surface area contributed by atoms with Crippen molar-refractivity contribution in [3.05, 3.63) is 138 Å². The van der Waals surface area contributed by atoms with Gasteiger partial charge in [0.05, 0.1) is 44.2 Å². The Hall–Kier alpha value is -9.76. The third kappa shape index (κ3) is 22.7. The number of ketones is 2. The Morgan fingerprint density at radius 2 is 0.564 bits per heavy atom. The second-order valence-electron chi connectivity index (χ2n) is 29.7. The molecule has 5 aromatic carbocycles. The van der Waals surface area contributed by atoms with Gasteiger partial charge in [0, 0.05) is 35.0 Å². The Bertz CT molecular complexity index is 4240. The van der Waals surface area contributed by atoms with Gasteiger partial charge in [0.25, 0.3) is 23.6 Å². The molecule has 0 bridgehead atoms. The molecule has 0 spiro atoms. The minimum absolute atomic E-state index is 0.0249. The number of hydrogen-bond donors (Lipinski definition) is 0. The van der Waals surface area contributed by atoms with Crippen LogP contribution in [0.25, 0.3) is 0 Å². The number of aryl methyl sites for hydroxylation is 4. The predicted octanol–water partition coefficient (Wildman–Crippen LogP) is 20.3. The fourth-order valence-electron chi connectivity index (χ4n) is 9.40. The predicted molar refractivity (Wildman–Crippen MR) is 426 cm³/mol. The molecule has 0 fully saturated rings. The van der Waals surface area contributed by atoms with Gasteiger partial charge in [-0.05, 0) is 244 Å². The smallest absolute Gasteiger partial charge is 0.435 e. The topological polar surface area (TPSA) is 304 Å². The fourth-order valence-corrected chi connectivity index (χ4v) is 10.1. The van der Waals surface area contributed by atoms with Crippen LogP contribution in [0.4, 0.5) is 62.9 Å². The van der Waals surface area contributed by atoms with Crippen molar-refractivity contribution in [2.45, 2.75) is 238 Å². The van der Waals surface area contributed by atoms with E-state index in [0.29, 0.717) is 43.8 Å². The van der Waals surface area contributed by atoms with Crippen molar-refractivity contribution in [3.8, 4) is 0 Å². The molecule has 0 heterocycles. The number of hydrazone groups is 2. The molecule has 0 saturated heterocycles. The van der Waals surface area contributed by atoms with E-state index in [4.69, 9.17) is 74.8 Å². The molecular weight excluding hydrogens is 1500 g/mol. The number of Topliss-reactive ketones (excluding diaryl/α,β-unsaturated/α-hetero) is 2. The first-order valence-electron chi connectivity index (χ1n) is 35.6. The van der Waals surface area contributed by atoms with E-state index in [0.717, 1.165) is 47.9 Å². The van der Waals surface area contributed by atoms with E-state index in [2.05, 4.69) is 10.2 Å². The number of imide groups is 4. The molecule has 0 unspecified atom stereocenters. The van der Waals surface area contributed by atoms with E-state index >= 15 is 28.8 Å². The van der Waals surface area contributed by atoms with Gasteiger partial charge in [0.15, 0.2) is 23.0 Å². The molecule has 0 aliphatic rings. The van der Waals surface area contributed by atoms with Crippen LogP contribution < -0.4 is 29.6 Å². The van der Waals surface area contributed by atoms with Gasteiger partial charge in [0.2, 0.25) is 0 Å². The van der Waals surface area contributed by atoms with E-state index < -0.39 is 128 Å². The summed E-state index contributed by atoms with van der Waals surface area (Å²) >= 11 is 26.7. The van der Waals surface area contributed by atoms with Gasteiger partial charge < -0.3 is 28.4 Å². The molecule has 0 radical (unpaired) electrons. The lowest BCUT2D eigenvalue weighted by Crippen LogP contribution is -2.48. The lowest BCUT2D eigenvalue weighted by atomic mass is 10.0. The van der Waals surface area contributed by atoms with Crippen molar-refractivity contribution in [1.82, 2.24) is 0 Å². The summed E-state index contributed by atoms with van der Waals surface area (Å²) in [4.78, 5) is 181. The van der Waals surface area contributed by atoms with Crippen LogP contribution in [-0.4, -0.2) is 117 Å². The summed E-state index contributed by atoms with van der Waals surface area (Å²) < 4.78 is 35.4. The quantitative estimate of drug-likeness (QED) is 0.0215. The average molecular weight is 1600 g/mol. The fraction of sp³-hybridized carbons (Fsp3) is 0.450. The summed E-state index contributed by atoms with van der Waals surface area (Å²) in [6.45, 7) is 36.8. The number of carbonyl (C=O) groups excluding carboxylic acids is 12. The molecule has 0 aromatic heterocycles. The molecule has 0 N–H and O–H groups in total. The third-order valence-corrected chi connectivity index (χ3v) is 19.4. The zero-order valence-corrected chi connectivity index (χ0v) is 69.8. The Morgan fingerprint density at radius 3 is 0.818 bits per heavy atom. The number of halogens is 4. The maximum atomic E-state index is 15.8. The second-order valence-corrected chi connectivity index (χ2v) is 31.4. The number of anilines is 6. The molecule has 0 aliphatic carbocycles. The monoisotopic (exact) mass is 1600 g/mol. The number of amides is 10. The van der Waals surface area contributed by atoms with Gasteiger partial charge >= 0.3 is 36.6 Å². The molecule has 30 heteroatoms. The summed E-state index contributed by atoms with van der Waals surface area (Å²) in [6.07, 6.45) is -6.45. The van der Waals surface area contributed by atoms with Crippen LogP contribution in [-0.2, 0) is 47.6 Å². The second kappa shape index (κ2) is 36.4. The Kier molecular flexibility index (Phi) is 30.1. The van der Waals surface area contributed by atoms with Crippen LogP contribution in [0.1, 0.15) is 220 Å². The lowest BCUT2D eigenvalue weighted by molar-refractivity contribution is -0.117. The highest BCUT2D eigenvalue weighted by Crippen LogP contribution is 2.39. The SMILES string of the molecule is CCC(C)(C)OC(=O)N(/N=C(\C(C)=O)C(=O)N(C(=O)OC(C)(C)CC)c1cc(C)c(N(C(=O)OC(C)(C)CC)C(=O)/C(=N/N(C(=O)OC(C)(C)CC)c2cc(C(=O)N(C(=O)OC(C)(C)CC)c3cc(Cl)ccc3C)ccc2Cl)C(C)=O)cc1C)c1cc(C(=O)N(C(=O)OC(C)(C)CC)c2cc(Cl)ccc2C)ccc1Cl. The van der Waals surface area contributed by atoms with Crippen molar-refractivity contribution in [2.75, 3.05) is 29.6 Å². The molecule has 0 saturated carbocycles. The van der Waals surface area contributed by atoms with Crippen LogP contribution in [0.15, 0.2) is 95.1 Å². The number of hydrogen-bond acceptors (Lipinski definition) is 20. The maximum Gasteiger partial charge on any atom is 0.435 e. The van der Waals surface area contributed by atoms with Crippen LogP contribution in [0, 0.1) is 27.7 Å². The van der Waals surface area contributed by atoms with Gasteiger partial charge in [-0.25, -0.2) is 48.4 Å². The van der Waals surface area contributed by atoms with Crippen LogP contribution in [0.2, 0.25) is 20.1 Å². The minimum Gasteiger partial charge on any atom is -0.443 e. The van der Waals surface area contributed by atoms with E-state index in [9.17, 15) is 28.8 Å². The van der Waals surface area contributed by atoms with Gasteiger partial charge in [0.1, 0.15) is 33.6 Å². The molecule has 10 amide bonds. The van der Waals surface area contributed by atoms with E-state index in [1.165, 1.54) is 77.9 Å². The van der Waals surface area contributed by atoms with Gasteiger partial charge in [-0.2, -0.15) is 20.2 Å². The third-order valence-electron chi connectivity index (χ3n) is 18.3. The van der Waals surface area contributed by atoms with Gasteiger partial charge in [-0.15, -0.1) is 0 Å². The Labute approximate surface area is 662 Å². The number of ether oxygens (including phenoxy) is 6. The molecule has 5 aromatic rings. The first kappa shape index (κ1) is 90.9. The van der Waals surface area contributed by atoms with E-state index in [-0.39, 0.29) is 90.8 Å². The number of benzene rings is 5. The minimum atomic E-state index is -1.55. The first-order chi connectivity index (χ1) is 50.8. The Morgan fingerprint density at radius 1 is 0.318 bits per heavy atom. The summed E-state index contributed by atoms with van der Waals surface area (Å²) in [7, 11) is 0. The number of rotatable bonds is 26. The largest absolute Gasteiger partial charge is 0.443 e. The standard InChI is InChI=1S/C80H98Cl4N8O18/c1-25-75(13,14)105-69(99)87(59-43-53(81)35-31-45(59)7)65(95)51-33-37-55(83)61(41-51)91(73(103)109-79(21,22)29-5)85-63(49(11)93)67(97)89(71(101)107-77(17,18)27-3)57-39-48(10)58(40-47(57)9)90(72(102)108-78(19,20)28-4)68(98)64(50(12)94)86-92(74(104)110-80(23,24)30-6)62-42-52(34-38-56(62)84)66(96)88(70(100)106-76(15,16)26-2)60-44-54(82)36-32-46(60)8/h31-44H,25-30H2,1-24H3/b85-63+,86-64+. The Balaban J connectivity index is 1.85. The van der Waals surface area contributed by atoms with Crippen molar-refractivity contribution in [1.29, 1.82) is 0 Å². The zero-order chi connectivity index (χ0) is 83.6. The molecule has 594 valence electrons. The van der Waals surface area contributed by atoms with E-state index in [1.807, 2.05) is 0 Å². The lowest BCUT2D eigenvalue weighted by Gasteiger charge is -2.32. The molecule has 26 nitrogen and oxygen atoms in total. The summed E-state index contributed by atoms with van der Waals surface area (Å²) in [5.74, 6) is -7.52. The maximum absolute atomic E-state index is 15.8. The van der Waals surface area contributed by atoms with Crippen LogP contribution >= 0.6 is 46.4 Å². The molecule has 0 atom stereocenters. The highest BCUT2D eigenvalue weighted by molar-refractivity contribution is 6.70. The molecule has 5 rings (SSSR count). The van der Waals surface area contributed by atoms with Crippen LogP contribution in [0.5, 0.6) is 0 Å². The molecule has 110 heavy (non-hydrogen) atoms. The summed E-state index contributed by atoms with van der Waals surface area (Å²) in [5.41, 5.74) is -11.6.